The SMILES string of the molecule is CC1OCCC1(O)CNc1cccc(S(C)(=O)=O)c1N. The van der Waals surface area contributed by atoms with Gasteiger partial charge in [-0.15, -0.1) is 0 Å². The van der Waals surface area contributed by atoms with E-state index in [9.17, 15) is 13.5 Å². The lowest BCUT2D eigenvalue weighted by Crippen LogP contribution is -2.43. The molecule has 1 fully saturated rings. The zero-order valence-electron chi connectivity index (χ0n) is 11.6. The lowest BCUT2D eigenvalue weighted by Gasteiger charge is -2.27. The molecule has 0 radical (unpaired) electrons. The lowest BCUT2D eigenvalue weighted by atomic mass is 9.96. The van der Waals surface area contributed by atoms with Crippen LogP contribution >= 0.6 is 0 Å². The Morgan fingerprint density at radius 1 is 1.55 bits per heavy atom. The van der Waals surface area contributed by atoms with Crippen molar-refractivity contribution < 1.29 is 18.3 Å². The van der Waals surface area contributed by atoms with Gasteiger partial charge in [-0.05, 0) is 19.1 Å². The van der Waals surface area contributed by atoms with E-state index in [2.05, 4.69) is 5.32 Å². The topological polar surface area (TPSA) is 102 Å². The molecule has 7 heteroatoms. The summed E-state index contributed by atoms with van der Waals surface area (Å²) in [5.74, 6) is 0. The molecular formula is C13H20N2O4S. The van der Waals surface area contributed by atoms with Gasteiger partial charge in [-0.2, -0.15) is 0 Å². The molecule has 0 aromatic heterocycles. The zero-order chi connectivity index (χ0) is 15.0. The van der Waals surface area contributed by atoms with Gasteiger partial charge < -0.3 is 20.9 Å². The van der Waals surface area contributed by atoms with Gasteiger partial charge >= 0.3 is 0 Å². The second kappa shape index (κ2) is 5.23. The summed E-state index contributed by atoms with van der Waals surface area (Å²) in [6.07, 6.45) is 1.38. The maximum Gasteiger partial charge on any atom is 0.177 e. The van der Waals surface area contributed by atoms with Crippen LogP contribution < -0.4 is 11.1 Å². The monoisotopic (exact) mass is 300 g/mol. The highest BCUT2D eigenvalue weighted by Gasteiger charge is 2.39. The number of para-hydroxylation sites is 1. The molecule has 0 spiro atoms. The van der Waals surface area contributed by atoms with Crippen molar-refractivity contribution in [3.63, 3.8) is 0 Å². The fourth-order valence-corrected chi connectivity index (χ4v) is 3.11. The highest BCUT2D eigenvalue weighted by Crippen LogP contribution is 2.30. The summed E-state index contributed by atoms with van der Waals surface area (Å²) < 4.78 is 28.6. The predicted molar refractivity (Wildman–Crippen MR) is 77.4 cm³/mol. The Kier molecular flexibility index (Phi) is 3.95. The van der Waals surface area contributed by atoms with E-state index in [-0.39, 0.29) is 23.2 Å². The van der Waals surface area contributed by atoms with E-state index in [0.717, 1.165) is 6.26 Å². The molecule has 2 rings (SSSR count). The molecule has 1 aromatic carbocycles. The third kappa shape index (κ3) is 2.89. The maximum atomic E-state index is 11.6. The molecule has 2 unspecified atom stereocenters. The molecule has 0 aliphatic carbocycles. The molecule has 2 atom stereocenters. The van der Waals surface area contributed by atoms with Crippen LogP contribution in [0.4, 0.5) is 11.4 Å². The first-order valence-electron chi connectivity index (χ1n) is 6.40. The molecule has 1 aromatic rings. The molecule has 1 aliphatic rings. The van der Waals surface area contributed by atoms with Crippen LogP contribution in [0.1, 0.15) is 13.3 Å². The number of sulfone groups is 1. The molecule has 6 nitrogen and oxygen atoms in total. The minimum Gasteiger partial charge on any atom is -0.396 e. The van der Waals surface area contributed by atoms with Crippen LogP contribution in [0, 0.1) is 0 Å². The van der Waals surface area contributed by atoms with Gasteiger partial charge in [-0.25, -0.2) is 8.42 Å². The van der Waals surface area contributed by atoms with Crippen LogP contribution in [0.2, 0.25) is 0 Å². The molecule has 4 N–H and O–H groups in total. The zero-order valence-corrected chi connectivity index (χ0v) is 12.4. The van der Waals surface area contributed by atoms with E-state index in [1.807, 2.05) is 6.92 Å². The van der Waals surface area contributed by atoms with Gasteiger partial charge in [0.1, 0.15) is 5.60 Å². The number of nitrogens with two attached hydrogens (primary N) is 1. The summed E-state index contributed by atoms with van der Waals surface area (Å²) in [5.41, 5.74) is 5.58. The van der Waals surface area contributed by atoms with E-state index >= 15 is 0 Å². The number of rotatable bonds is 4. The number of nitrogens with one attached hydrogen (secondary N) is 1. The van der Waals surface area contributed by atoms with Crippen LogP contribution in [0.3, 0.4) is 0 Å². The van der Waals surface area contributed by atoms with Gasteiger partial charge in [0.2, 0.25) is 0 Å². The number of hydrogen-bond donors (Lipinski definition) is 3. The molecule has 1 saturated heterocycles. The standard InChI is InChI=1S/C13H20N2O4S/c1-9-13(16,6-7-19-9)8-15-10-4-3-5-11(12(10)14)20(2,17)18/h3-5,9,15-16H,6-8,14H2,1-2H3. The van der Waals surface area contributed by atoms with Gasteiger partial charge in [0.25, 0.3) is 0 Å². The van der Waals surface area contributed by atoms with Crippen molar-refractivity contribution in [2.45, 2.75) is 29.9 Å². The summed E-state index contributed by atoms with van der Waals surface area (Å²) in [4.78, 5) is 0.0882. The average Bonchev–Trinajstić information content (AvgIpc) is 2.67. The Hall–Kier alpha value is -1.31. The van der Waals surface area contributed by atoms with Crippen molar-refractivity contribution in [1.29, 1.82) is 0 Å². The quantitative estimate of drug-likeness (QED) is 0.705. The van der Waals surface area contributed by atoms with E-state index in [4.69, 9.17) is 10.5 Å². The fraction of sp³-hybridized carbons (Fsp3) is 0.538. The molecular weight excluding hydrogens is 280 g/mol. The van der Waals surface area contributed by atoms with E-state index in [1.165, 1.54) is 6.07 Å². The van der Waals surface area contributed by atoms with Gasteiger partial charge in [0.05, 0.1) is 22.4 Å². The van der Waals surface area contributed by atoms with E-state index in [1.54, 1.807) is 12.1 Å². The Balaban J connectivity index is 2.19. The molecule has 1 heterocycles. The van der Waals surface area contributed by atoms with Crippen molar-refractivity contribution in [2.24, 2.45) is 0 Å². The molecule has 0 amide bonds. The van der Waals surface area contributed by atoms with Crippen LogP contribution in [-0.2, 0) is 14.6 Å². The van der Waals surface area contributed by atoms with Crippen molar-refractivity contribution in [1.82, 2.24) is 0 Å². The normalized spacial score (nSPS) is 26.6. The molecule has 0 saturated carbocycles. The minimum atomic E-state index is -3.37. The predicted octanol–water partition coefficient (Wildman–Crippen LogP) is 0.624. The summed E-state index contributed by atoms with van der Waals surface area (Å²) in [7, 11) is -3.37. The Morgan fingerprint density at radius 2 is 2.25 bits per heavy atom. The average molecular weight is 300 g/mol. The van der Waals surface area contributed by atoms with E-state index < -0.39 is 15.4 Å². The van der Waals surface area contributed by atoms with Gasteiger partial charge in [0, 0.05) is 25.8 Å². The summed E-state index contributed by atoms with van der Waals surface area (Å²) >= 11 is 0. The first kappa shape index (κ1) is 15.1. The van der Waals surface area contributed by atoms with Gasteiger partial charge in [-0.1, -0.05) is 6.07 Å². The smallest absolute Gasteiger partial charge is 0.177 e. The Bertz CT molecular complexity index is 602. The third-order valence-corrected chi connectivity index (χ3v) is 4.87. The Morgan fingerprint density at radius 3 is 2.80 bits per heavy atom. The van der Waals surface area contributed by atoms with Crippen LogP contribution in [0.5, 0.6) is 0 Å². The van der Waals surface area contributed by atoms with E-state index in [0.29, 0.717) is 18.7 Å². The minimum absolute atomic E-state index is 0.0882. The summed E-state index contributed by atoms with van der Waals surface area (Å²) in [6.45, 7) is 2.58. The highest BCUT2D eigenvalue weighted by molar-refractivity contribution is 7.90. The van der Waals surface area contributed by atoms with Crippen molar-refractivity contribution >= 4 is 21.2 Å². The molecule has 20 heavy (non-hydrogen) atoms. The number of hydrogen-bond acceptors (Lipinski definition) is 6. The number of nitrogen functional groups attached to an aromatic ring is 1. The van der Waals surface area contributed by atoms with Crippen LogP contribution in [0.15, 0.2) is 23.1 Å². The van der Waals surface area contributed by atoms with Gasteiger partial charge in [0.15, 0.2) is 9.84 Å². The van der Waals surface area contributed by atoms with Gasteiger partial charge in [-0.3, -0.25) is 0 Å². The summed E-state index contributed by atoms with van der Waals surface area (Å²) in [6, 6.07) is 4.77. The Labute approximate surface area is 118 Å². The van der Waals surface area contributed by atoms with Crippen molar-refractivity contribution in [3.05, 3.63) is 18.2 Å². The number of aliphatic hydroxyl groups is 1. The largest absolute Gasteiger partial charge is 0.396 e. The first-order chi connectivity index (χ1) is 9.24. The van der Waals surface area contributed by atoms with Crippen molar-refractivity contribution in [2.75, 3.05) is 30.5 Å². The van der Waals surface area contributed by atoms with Crippen LogP contribution in [-0.4, -0.2) is 44.6 Å². The number of anilines is 2. The maximum absolute atomic E-state index is 11.6. The fourth-order valence-electron chi connectivity index (χ4n) is 2.27. The third-order valence-electron chi connectivity index (χ3n) is 3.71. The molecule has 112 valence electrons. The summed E-state index contributed by atoms with van der Waals surface area (Å²) in [5, 5.41) is 13.4. The molecule has 0 bridgehead atoms. The lowest BCUT2D eigenvalue weighted by molar-refractivity contribution is -0.0175. The molecule has 1 aliphatic heterocycles. The second-order valence-electron chi connectivity index (χ2n) is 5.21. The van der Waals surface area contributed by atoms with Crippen LogP contribution in [0.25, 0.3) is 0 Å². The second-order valence-corrected chi connectivity index (χ2v) is 7.19. The number of ether oxygens (including phenoxy) is 1. The van der Waals surface area contributed by atoms with Crippen molar-refractivity contribution in [3.8, 4) is 0 Å². The number of benzene rings is 1. The first-order valence-corrected chi connectivity index (χ1v) is 8.29. The highest BCUT2D eigenvalue weighted by atomic mass is 32.2.